The van der Waals surface area contributed by atoms with Crippen LogP contribution in [0, 0.1) is 0 Å². The number of esters is 1. The Labute approximate surface area is 118 Å². The molecule has 0 bridgehead atoms. The van der Waals surface area contributed by atoms with Crippen LogP contribution in [0.1, 0.15) is 11.1 Å². The number of rotatable bonds is 4. The van der Waals surface area contributed by atoms with Gasteiger partial charge < -0.3 is 4.74 Å². The lowest BCUT2D eigenvalue weighted by molar-refractivity contribution is -0.136. The summed E-state index contributed by atoms with van der Waals surface area (Å²) in [5, 5.41) is 0. The molecule has 100 valence electrons. The van der Waals surface area contributed by atoms with Gasteiger partial charge in [0.25, 0.3) is 0 Å². The Balaban J connectivity index is 2.27. The Bertz CT molecular complexity index is 616. The standard InChI is InChI=1S/C17H15NO2/c1-20-17(19)16(12-14-8-4-2-5-9-14)18-13-15-10-6-3-7-11-15/h2-13H,1H3/b16-12-,18-13?. The Morgan fingerprint density at radius 2 is 1.50 bits per heavy atom. The number of carbonyl (C=O) groups excluding carboxylic acids is 1. The maximum Gasteiger partial charge on any atom is 0.356 e. The van der Waals surface area contributed by atoms with Gasteiger partial charge in [-0.2, -0.15) is 0 Å². The topological polar surface area (TPSA) is 38.7 Å². The number of benzene rings is 2. The van der Waals surface area contributed by atoms with Gasteiger partial charge in [-0.3, -0.25) is 0 Å². The zero-order chi connectivity index (χ0) is 14.2. The summed E-state index contributed by atoms with van der Waals surface area (Å²) in [7, 11) is 1.35. The lowest BCUT2D eigenvalue weighted by atomic mass is 10.2. The number of aliphatic imine (C=N–C) groups is 1. The molecule has 2 rings (SSSR count). The highest BCUT2D eigenvalue weighted by Crippen LogP contribution is 2.09. The zero-order valence-electron chi connectivity index (χ0n) is 11.2. The Hall–Kier alpha value is -2.68. The van der Waals surface area contributed by atoms with E-state index in [-0.39, 0.29) is 5.70 Å². The van der Waals surface area contributed by atoms with Crippen LogP contribution in [0.15, 0.2) is 71.4 Å². The van der Waals surface area contributed by atoms with E-state index in [2.05, 4.69) is 4.99 Å². The number of carbonyl (C=O) groups is 1. The van der Waals surface area contributed by atoms with Gasteiger partial charge in [-0.15, -0.1) is 0 Å². The van der Waals surface area contributed by atoms with E-state index in [4.69, 9.17) is 4.74 Å². The first-order valence-corrected chi connectivity index (χ1v) is 6.24. The van der Waals surface area contributed by atoms with Gasteiger partial charge in [-0.05, 0) is 17.2 Å². The van der Waals surface area contributed by atoms with Gasteiger partial charge in [0.1, 0.15) is 5.70 Å². The van der Waals surface area contributed by atoms with Crippen LogP contribution in [-0.2, 0) is 9.53 Å². The van der Waals surface area contributed by atoms with Gasteiger partial charge in [0, 0.05) is 6.21 Å². The molecule has 0 aliphatic heterocycles. The van der Waals surface area contributed by atoms with Gasteiger partial charge in [0.05, 0.1) is 7.11 Å². The molecule has 0 amide bonds. The van der Waals surface area contributed by atoms with Crippen molar-refractivity contribution in [2.45, 2.75) is 0 Å². The molecule has 0 saturated carbocycles. The molecule has 20 heavy (non-hydrogen) atoms. The summed E-state index contributed by atoms with van der Waals surface area (Å²) in [6, 6.07) is 19.1. The molecule has 3 nitrogen and oxygen atoms in total. The second-order valence-corrected chi connectivity index (χ2v) is 4.10. The second kappa shape index (κ2) is 7.04. The molecule has 0 aliphatic carbocycles. The molecule has 0 atom stereocenters. The van der Waals surface area contributed by atoms with Crippen molar-refractivity contribution < 1.29 is 9.53 Å². The van der Waals surface area contributed by atoms with E-state index in [1.165, 1.54) is 7.11 Å². The molecule has 0 unspecified atom stereocenters. The van der Waals surface area contributed by atoms with Crippen molar-refractivity contribution in [2.24, 2.45) is 4.99 Å². The molecule has 0 spiro atoms. The summed E-state index contributed by atoms with van der Waals surface area (Å²) < 4.78 is 4.75. The normalized spacial score (nSPS) is 11.6. The monoisotopic (exact) mass is 265 g/mol. The third-order valence-corrected chi connectivity index (χ3v) is 2.65. The molecule has 0 aliphatic rings. The van der Waals surface area contributed by atoms with Gasteiger partial charge in [-0.25, -0.2) is 9.79 Å². The molecular formula is C17H15NO2. The second-order valence-electron chi connectivity index (χ2n) is 4.10. The van der Waals surface area contributed by atoms with Gasteiger partial charge >= 0.3 is 5.97 Å². The van der Waals surface area contributed by atoms with Crippen LogP contribution in [0.5, 0.6) is 0 Å². The van der Waals surface area contributed by atoms with E-state index in [9.17, 15) is 4.79 Å². The SMILES string of the molecule is COC(=O)/C(=C/c1ccccc1)N=Cc1ccccc1. The quantitative estimate of drug-likeness (QED) is 0.483. The minimum Gasteiger partial charge on any atom is -0.464 e. The lowest BCUT2D eigenvalue weighted by Gasteiger charge is -2.00. The van der Waals surface area contributed by atoms with Gasteiger partial charge in [0.15, 0.2) is 0 Å². The lowest BCUT2D eigenvalue weighted by Crippen LogP contribution is -2.03. The average Bonchev–Trinajstić information content (AvgIpc) is 2.52. The van der Waals surface area contributed by atoms with Crippen molar-refractivity contribution in [1.29, 1.82) is 0 Å². The third-order valence-electron chi connectivity index (χ3n) is 2.65. The highest BCUT2D eigenvalue weighted by atomic mass is 16.5. The van der Waals surface area contributed by atoms with Gasteiger partial charge in [0.2, 0.25) is 0 Å². The Kier molecular flexibility index (Phi) is 4.84. The number of hydrogen-bond acceptors (Lipinski definition) is 3. The fourth-order valence-electron chi connectivity index (χ4n) is 1.64. The smallest absolute Gasteiger partial charge is 0.356 e. The highest BCUT2D eigenvalue weighted by Gasteiger charge is 2.07. The van der Waals surface area contributed by atoms with Crippen molar-refractivity contribution in [3.8, 4) is 0 Å². The molecule has 0 radical (unpaired) electrons. The summed E-state index contributed by atoms with van der Waals surface area (Å²) in [6.45, 7) is 0. The van der Waals surface area contributed by atoms with E-state index in [1.807, 2.05) is 60.7 Å². The molecule has 3 heteroatoms. The fourth-order valence-corrected chi connectivity index (χ4v) is 1.64. The number of ether oxygens (including phenoxy) is 1. The van der Waals surface area contributed by atoms with E-state index < -0.39 is 5.97 Å². The van der Waals surface area contributed by atoms with Crippen molar-refractivity contribution in [2.75, 3.05) is 7.11 Å². The van der Waals surface area contributed by atoms with Crippen molar-refractivity contribution >= 4 is 18.3 Å². The van der Waals surface area contributed by atoms with Crippen molar-refractivity contribution in [3.05, 3.63) is 77.5 Å². The van der Waals surface area contributed by atoms with E-state index >= 15 is 0 Å². The van der Waals surface area contributed by atoms with Crippen molar-refractivity contribution in [1.82, 2.24) is 0 Å². The highest BCUT2D eigenvalue weighted by molar-refractivity contribution is 5.96. The molecule has 2 aromatic rings. The van der Waals surface area contributed by atoms with E-state index in [0.29, 0.717) is 0 Å². The Morgan fingerprint density at radius 3 is 2.05 bits per heavy atom. The summed E-state index contributed by atoms with van der Waals surface area (Å²) in [6.07, 6.45) is 3.34. The van der Waals surface area contributed by atoms with Crippen LogP contribution in [0.4, 0.5) is 0 Å². The predicted molar refractivity (Wildman–Crippen MR) is 80.5 cm³/mol. The first kappa shape index (κ1) is 13.7. The van der Waals surface area contributed by atoms with Crippen LogP contribution in [0.2, 0.25) is 0 Å². The molecule has 0 N–H and O–H groups in total. The minimum atomic E-state index is -0.457. The number of nitrogens with zero attached hydrogens (tertiary/aromatic N) is 1. The molecule has 0 saturated heterocycles. The molecule has 0 fully saturated rings. The molecule has 0 aromatic heterocycles. The molecule has 0 heterocycles. The van der Waals surface area contributed by atoms with Crippen LogP contribution in [0.3, 0.4) is 0 Å². The van der Waals surface area contributed by atoms with E-state index in [0.717, 1.165) is 11.1 Å². The molecule has 2 aromatic carbocycles. The maximum absolute atomic E-state index is 11.7. The number of hydrogen-bond donors (Lipinski definition) is 0. The summed E-state index contributed by atoms with van der Waals surface area (Å²) in [4.78, 5) is 16.0. The summed E-state index contributed by atoms with van der Waals surface area (Å²) in [5.41, 5.74) is 2.09. The Morgan fingerprint density at radius 1 is 0.950 bits per heavy atom. The molecular weight excluding hydrogens is 250 g/mol. The van der Waals surface area contributed by atoms with Crippen molar-refractivity contribution in [3.63, 3.8) is 0 Å². The van der Waals surface area contributed by atoms with Crippen LogP contribution in [-0.4, -0.2) is 19.3 Å². The fraction of sp³-hybridized carbons (Fsp3) is 0.0588. The zero-order valence-corrected chi connectivity index (χ0v) is 11.2. The van der Waals surface area contributed by atoms with Gasteiger partial charge in [-0.1, -0.05) is 60.7 Å². The summed E-state index contributed by atoms with van der Waals surface area (Å²) >= 11 is 0. The van der Waals surface area contributed by atoms with Crippen LogP contribution >= 0.6 is 0 Å². The van der Waals surface area contributed by atoms with Crippen LogP contribution < -0.4 is 0 Å². The maximum atomic E-state index is 11.7. The third kappa shape index (κ3) is 3.92. The average molecular weight is 265 g/mol. The van der Waals surface area contributed by atoms with E-state index in [1.54, 1.807) is 12.3 Å². The number of methoxy groups -OCH3 is 1. The first-order valence-electron chi connectivity index (χ1n) is 6.24. The summed E-state index contributed by atoms with van der Waals surface area (Å²) in [5.74, 6) is -0.457. The largest absolute Gasteiger partial charge is 0.464 e. The first-order chi connectivity index (χ1) is 9.79. The predicted octanol–water partition coefficient (Wildman–Crippen LogP) is 3.32. The minimum absolute atomic E-state index is 0.266. The van der Waals surface area contributed by atoms with Crippen LogP contribution in [0.25, 0.3) is 6.08 Å².